The van der Waals surface area contributed by atoms with Crippen LogP contribution in [-0.4, -0.2) is 32.8 Å². The van der Waals surface area contributed by atoms with Crippen molar-refractivity contribution in [1.29, 1.82) is 0 Å². The predicted molar refractivity (Wildman–Crippen MR) is 152 cm³/mol. The third-order valence-corrected chi connectivity index (χ3v) is 7.47. The Morgan fingerprint density at radius 2 is 1.79 bits per heavy atom. The summed E-state index contributed by atoms with van der Waals surface area (Å²) in [5.41, 5.74) is 5.20. The van der Waals surface area contributed by atoms with Gasteiger partial charge in [-0.05, 0) is 54.7 Å². The number of imidazole rings is 1. The summed E-state index contributed by atoms with van der Waals surface area (Å²) in [5.74, 6) is 1.30. The maximum atomic E-state index is 13.1. The number of unbranched alkanes of at least 4 members (excludes halogenated alkanes) is 1. The number of para-hydroxylation sites is 1. The van der Waals surface area contributed by atoms with Gasteiger partial charge in [0.25, 0.3) is 5.91 Å². The molecule has 0 saturated heterocycles. The molecule has 5 rings (SSSR count). The van der Waals surface area contributed by atoms with E-state index in [1.807, 2.05) is 54.6 Å². The van der Waals surface area contributed by atoms with Gasteiger partial charge in [-0.15, -0.1) is 0 Å². The average molecular weight is 526 g/mol. The lowest BCUT2D eigenvalue weighted by molar-refractivity contribution is 0.0927. The normalized spacial score (nSPS) is 13.9. The van der Waals surface area contributed by atoms with Crippen molar-refractivity contribution in [1.82, 2.24) is 14.9 Å². The van der Waals surface area contributed by atoms with Gasteiger partial charge in [-0.3, -0.25) is 4.79 Å². The minimum atomic E-state index is -1.34. The lowest BCUT2D eigenvalue weighted by Gasteiger charge is -2.22. The molecule has 1 aliphatic rings. The molecule has 0 spiro atoms. The molecule has 39 heavy (non-hydrogen) atoms. The van der Waals surface area contributed by atoms with Crippen LogP contribution in [0, 0.1) is 0 Å². The first-order valence-corrected chi connectivity index (χ1v) is 13.9. The van der Waals surface area contributed by atoms with E-state index in [0.717, 1.165) is 65.7 Å². The monoisotopic (exact) mass is 525 g/mol. The van der Waals surface area contributed by atoms with Crippen LogP contribution in [0.15, 0.2) is 66.7 Å². The van der Waals surface area contributed by atoms with Crippen molar-refractivity contribution in [3.05, 3.63) is 83.7 Å². The second kappa shape index (κ2) is 12.2. The zero-order valence-electron chi connectivity index (χ0n) is 22.4. The second-order valence-electron chi connectivity index (χ2n) is 10.3. The van der Waals surface area contributed by atoms with Crippen molar-refractivity contribution in [2.24, 2.45) is 0 Å². The van der Waals surface area contributed by atoms with Crippen LogP contribution in [0.1, 0.15) is 73.6 Å². The number of aromatic nitrogens is 2. The lowest BCUT2D eigenvalue weighted by atomic mass is 9.95. The van der Waals surface area contributed by atoms with Crippen molar-refractivity contribution in [3.8, 4) is 16.9 Å². The Labute approximate surface area is 228 Å². The fourth-order valence-corrected chi connectivity index (χ4v) is 5.39. The van der Waals surface area contributed by atoms with E-state index in [-0.39, 0.29) is 11.9 Å². The molecule has 3 aromatic carbocycles. The molecule has 1 heterocycles. The Morgan fingerprint density at radius 3 is 2.54 bits per heavy atom. The van der Waals surface area contributed by atoms with E-state index in [2.05, 4.69) is 16.8 Å². The highest BCUT2D eigenvalue weighted by atomic mass is 16.7. The number of carboxylic acid groups (broad SMARTS) is 1. The first-order valence-electron chi connectivity index (χ1n) is 13.9. The number of nitrogens with zero attached hydrogens (tertiary/aromatic N) is 2. The Hall–Kier alpha value is -4.13. The Kier molecular flexibility index (Phi) is 8.25. The molecule has 0 bridgehead atoms. The standard InChI is InChI=1S/C32H35N3O4/c1-2-3-13-30-34-27-19-18-24(31(36)33-25-9-5-4-6-10-25)20-28(27)35(30)21-22-14-16-23(17-15-22)26-11-7-8-12-29(26)39-32(37)38/h7-8,11-12,14-20,25H,2-6,9-10,13,21H2,1H3,(H,33,36)(H,37,38). The van der Waals surface area contributed by atoms with Gasteiger partial charge in [0.15, 0.2) is 0 Å². The van der Waals surface area contributed by atoms with Crippen molar-refractivity contribution < 1.29 is 19.4 Å². The van der Waals surface area contributed by atoms with Crippen molar-refractivity contribution in [3.63, 3.8) is 0 Å². The summed E-state index contributed by atoms with van der Waals surface area (Å²) < 4.78 is 7.19. The number of benzene rings is 3. The highest BCUT2D eigenvalue weighted by molar-refractivity contribution is 5.97. The van der Waals surface area contributed by atoms with Gasteiger partial charge in [-0.25, -0.2) is 9.78 Å². The number of amides is 1. The van der Waals surface area contributed by atoms with E-state index in [1.165, 1.54) is 19.3 Å². The summed E-state index contributed by atoms with van der Waals surface area (Å²) in [7, 11) is 0. The molecule has 7 nitrogen and oxygen atoms in total. The molecule has 1 aliphatic carbocycles. The number of hydrogen-bond donors (Lipinski definition) is 2. The summed E-state index contributed by atoms with van der Waals surface area (Å²) in [5, 5.41) is 12.3. The molecule has 0 atom stereocenters. The number of rotatable bonds is 9. The second-order valence-corrected chi connectivity index (χ2v) is 10.3. The molecule has 1 saturated carbocycles. The number of nitrogens with one attached hydrogen (secondary N) is 1. The smallest absolute Gasteiger partial charge is 0.449 e. The van der Waals surface area contributed by atoms with Crippen molar-refractivity contribution in [2.75, 3.05) is 0 Å². The molecule has 202 valence electrons. The van der Waals surface area contributed by atoms with Gasteiger partial charge < -0.3 is 19.7 Å². The zero-order chi connectivity index (χ0) is 27.2. The highest BCUT2D eigenvalue weighted by Gasteiger charge is 2.19. The summed E-state index contributed by atoms with van der Waals surface area (Å²) >= 11 is 0. The Balaban J connectivity index is 1.42. The molecule has 0 unspecified atom stereocenters. The van der Waals surface area contributed by atoms with Crippen LogP contribution in [0.4, 0.5) is 4.79 Å². The van der Waals surface area contributed by atoms with E-state index in [1.54, 1.807) is 12.1 Å². The average Bonchev–Trinajstić information content (AvgIpc) is 3.29. The largest absolute Gasteiger partial charge is 0.511 e. The Bertz CT molecular complexity index is 1450. The van der Waals surface area contributed by atoms with Gasteiger partial charge in [0.1, 0.15) is 11.6 Å². The van der Waals surface area contributed by atoms with Gasteiger partial charge in [0.05, 0.1) is 11.0 Å². The van der Waals surface area contributed by atoms with Crippen LogP contribution < -0.4 is 10.1 Å². The van der Waals surface area contributed by atoms with Crippen molar-refractivity contribution >= 4 is 23.1 Å². The Morgan fingerprint density at radius 1 is 1.03 bits per heavy atom. The molecule has 1 amide bonds. The summed E-state index contributed by atoms with van der Waals surface area (Å²) in [6.07, 6.45) is 7.35. The van der Waals surface area contributed by atoms with E-state index >= 15 is 0 Å². The molecular weight excluding hydrogens is 490 g/mol. The van der Waals surface area contributed by atoms with Crippen LogP contribution in [-0.2, 0) is 13.0 Å². The topological polar surface area (TPSA) is 93.5 Å². The van der Waals surface area contributed by atoms with Crippen molar-refractivity contribution in [2.45, 2.75) is 70.9 Å². The molecule has 4 aromatic rings. The van der Waals surface area contributed by atoms with Crippen LogP contribution in [0.5, 0.6) is 5.75 Å². The first kappa shape index (κ1) is 26.5. The molecule has 2 N–H and O–H groups in total. The number of carbonyl (C=O) groups excluding carboxylic acids is 1. The SMILES string of the molecule is CCCCc1nc2ccc(C(=O)NC3CCCCC3)cc2n1Cc1ccc(-c2ccccc2OC(=O)O)cc1. The molecule has 7 heteroatoms. The van der Waals surface area contributed by atoms with E-state index in [4.69, 9.17) is 14.8 Å². The van der Waals surface area contributed by atoms with Gasteiger partial charge >= 0.3 is 6.16 Å². The van der Waals surface area contributed by atoms with Crippen LogP contribution in [0.25, 0.3) is 22.2 Å². The zero-order valence-corrected chi connectivity index (χ0v) is 22.4. The predicted octanol–water partition coefficient (Wildman–Crippen LogP) is 7.21. The van der Waals surface area contributed by atoms with Gasteiger partial charge in [-0.2, -0.15) is 0 Å². The van der Waals surface area contributed by atoms with Gasteiger partial charge in [-0.1, -0.05) is 75.1 Å². The molecule has 0 radical (unpaired) electrons. The third-order valence-electron chi connectivity index (χ3n) is 7.47. The first-order chi connectivity index (χ1) is 19.0. The molecular formula is C32H35N3O4. The quantitative estimate of drug-likeness (QED) is 0.178. The number of fused-ring (bicyclic) bond motifs is 1. The van der Waals surface area contributed by atoms with E-state index in [0.29, 0.717) is 17.9 Å². The summed E-state index contributed by atoms with van der Waals surface area (Å²) in [6.45, 7) is 2.79. The van der Waals surface area contributed by atoms with Gasteiger partial charge in [0, 0.05) is 30.1 Å². The maximum absolute atomic E-state index is 13.1. The van der Waals surface area contributed by atoms with Crippen LogP contribution in [0.2, 0.25) is 0 Å². The number of aryl methyl sites for hydroxylation is 1. The molecule has 1 aromatic heterocycles. The lowest BCUT2D eigenvalue weighted by Crippen LogP contribution is -2.36. The minimum Gasteiger partial charge on any atom is -0.449 e. The number of carbonyl (C=O) groups is 2. The summed E-state index contributed by atoms with van der Waals surface area (Å²) in [4.78, 5) is 29.1. The minimum absolute atomic E-state index is 0.0155. The summed E-state index contributed by atoms with van der Waals surface area (Å²) in [6, 6.07) is 21.2. The van der Waals surface area contributed by atoms with Gasteiger partial charge in [0.2, 0.25) is 0 Å². The fraction of sp³-hybridized carbons (Fsp3) is 0.344. The van der Waals surface area contributed by atoms with E-state index < -0.39 is 6.16 Å². The molecule has 0 aliphatic heterocycles. The van der Waals surface area contributed by atoms with E-state index in [9.17, 15) is 9.59 Å². The van der Waals surface area contributed by atoms with Crippen LogP contribution in [0.3, 0.4) is 0 Å². The fourth-order valence-electron chi connectivity index (χ4n) is 5.39. The number of hydrogen-bond acceptors (Lipinski definition) is 4. The number of ether oxygens (including phenoxy) is 1. The maximum Gasteiger partial charge on any atom is 0.511 e. The van der Waals surface area contributed by atoms with Crippen LogP contribution >= 0.6 is 0 Å². The molecule has 1 fully saturated rings. The third kappa shape index (κ3) is 6.30. The highest BCUT2D eigenvalue weighted by Crippen LogP contribution is 2.30.